The van der Waals surface area contributed by atoms with Crippen LogP contribution in [0.5, 0.6) is 0 Å². The molecule has 8 heteroatoms. The second-order valence-electron chi connectivity index (χ2n) is 2.59. The summed E-state index contributed by atoms with van der Waals surface area (Å²) in [6.07, 6.45) is 0. The van der Waals surface area contributed by atoms with Crippen LogP contribution in [0.4, 0.5) is 0 Å². The Morgan fingerprint density at radius 2 is 1.62 bits per heavy atom. The lowest BCUT2D eigenvalue weighted by Crippen LogP contribution is -2.21. The lowest BCUT2D eigenvalue weighted by molar-refractivity contribution is 0.0600. The molecule has 0 radical (unpaired) electrons. The van der Waals surface area contributed by atoms with Gasteiger partial charge in [0.1, 0.15) is 0 Å². The molecule has 0 atom stereocenters. The fourth-order valence-electron chi connectivity index (χ4n) is 0.704. The Hall–Kier alpha value is -0.710. The predicted octanol–water partition coefficient (Wildman–Crippen LogP) is 0.226. The lowest BCUT2D eigenvalue weighted by Gasteiger charge is -1.97. The van der Waals surface area contributed by atoms with E-state index >= 15 is 0 Å². The molecule has 0 amide bonds. The highest BCUT2D eigenvalue weighted by Gasteiger charge is 2.02. The van der Waals surface area contributed by atoms with E-state index in [1.807, 2.05) is 12.1 Å². The van der Waals surface area contributed by atoms with Crippen molar-refractivity contribution in [2.75, 3.05) is 7.11 Å². The van der Waals surface area contributed by atoms with Crippen molar-refractivity contribution < 1.29 is 17.9 Å². The first-order valence-electron chi connectivity index (χ1n) is 3.88. The Bertz CT molecular complexity index is 436. The highest BCUT2D eigenvalue weighted by atomic mass is 127. The second-order valence-corrected chi connectivity index (χ2v) is 5.01. The number of esters is 1. The van der Waals surface area contributed by atoms with Crippen LogP contribution in [-0.4, -0.2) is 21.5 Å². The number of hydrogen-bond donors (Lipinski definition) is 2. The van der Waals surface area contributed by atoms with E-state index in [0.29, 0.717) is 5.56 Å². The summed E-state index contributed by atoms with van der Waals surface area (Å²) in [6.45, 7) is 0. The van der Waals surface area contributed by atoms with Gasteiger partial charge in [-0.3, -0.25) is 0 Å². The van der Waals surface area contributed by atoms with Crippen LogP contribution >= 0.6 is 22.6 Å². The molecule has 16 heavy (non-hydrogen) atoms. The molecule has 1 rings (SSSR count). The van der Waals surface area contributed by atoms with E-state index in [1.165, 1.54) is 7.11 Å². The number of halogens is 1. The van der Waals surface area contributed by atoms with Gasteiger partial charge in [0.15, 0.2) is 0 Å². The van der Waals surface area contributed by atoms with E-state index in [0.717, 1.165) is 3.57 Å². The molecule has 1 aromatic rings. The normalized spacial score (nSPS) is 10.0. The smallest absolute Gasteiger partial charge is 0.337 e. The highest BCUT2D eigenvalue weighted by molar-refractivity contribution is 14.1. The van der Waals surface area contributed by atoms with Gasteiger partial charge in [0.05, 0.1) is 12.7 Å². The van der Waals surface area contributed by atoms with Crippen molar-refractivity contribution in [2.24, 2.45) is 10.3 Å². The molecule has 0 saturated heterocycles. The maximum atomic E-state index is 10.9. The molecule has 0 bridgehead atoms. The van der Waals surface area contributed by atoms with Gasteiger partial charge < -0.3 is 4.74 Å². The van der Waals surface area contributed by atoms with Crippen molar-refractivity contribution in [3.63, 3.8) is 0 Å². The summed E-state index contributed by atoms with van der Waals surface area (Å²) in [5, 5.41) is 8.21. The van der Waals surface area contributed by atoms with E-state index in [9.17, 15) is 13.2 Å². The average Bonchev–Trinajstić information content (AvgIpc) is 2.15. The number of rotatable bonds is 1. The number of benzene rings is 1. The minimum absolute atomic E-state index is 0.290. The summed E-state index contributed by atoms with van der Waals surface area (Å²) in [5.41, 5.74) is 0.591. The quantitative estimate of drug-likeness (QED) is 0.553. The number of methoxy groups -OCH3 is 1. The van der Waals surface area contributed by atoms with Crippen LogP contribution in [0.3, 0.4) is 0 Å². The van der Waals surface area contributed by atoms with Crippen LogP contribution in [0.1, 0.15) is 10.4 Å². The highest BCUT2D eigenvalue weighted by Crippen LogP contribution is 2.07. The maximum absolute atomic E-state index is 10.9. The Morgan fingerprint density at radius 3 is 1.94 bits per heavy atom. The minimum atomic E-state index is -3.67. The van der Waals surface area contributed by atoms with Crippen molar-refractivity contribution in [3.05, 3.63) is 33.4 Å². The van der Waals surface area contributed by atoms with Crippen molar-refractivity contribution in [1.29, 1.82) is 0 Å². The van der Waals surface area contributed by atoms with Gasteiger partial charge in [-0.05, 0) is 46.9 Å². The fraction of sp³-hybridized carbons (Fsp3) is 0.125. The van der Waals surface area contributed by atoms with Crippen LogP contribution in [0.2, 0.25) is 0 Å². The zero-order valence-corrected chi connectivity index (χ0v) is 11.4. The topological polar surface area (TPSA) is 112 Å². The van der Waals surface area contributed by atoms with Crippen molar-refractivity contribution >= 4 is 38.8 Å². The number of nitrogens with two attached hydrogens (primary N) is 2. The van der Waals surface area contributed by atoms with Crippen molar-refractivity contribution in [2.45, 2.75) is 0 Å². The second kappa shape index (κ2) is 6.78. The standard InChI is InChI=1S/C8H7IO2.H4N2O2S/c1-11-8(10)6-2-4-7(9)5-3-6;1-5(2,3)4/h2-5H,1H3;(H4,1,2,3,4). The molecular formula is C8H11IN2O4S. The molecular weight excluding hydrogens is 347 g/mol. The van der Waals surface area contributed by atoms with Gasteiger partial charge in [0, 0.05) is 3.57 Å². The molecule has 6 nitrogen and oxygen atoms in total. The van der Waals surface area contributed by atoms with E-state index < -0.39 is 10.2 Å². The van der Waals surface area contributed by atoms with Gasteiger partial charge in [-0.15, -0.1) is 0 Å². The molecule has 0 aliphatic carbocycles. The molecule has 0 fully saturated rings. The predicted molar refractivity (Wildman–Crippen MR) is 67.8 cm³/mol. The lowest BCUT2D eigenvalue weighted by atomic mass is 10.2. The number of ether oxygens (including phenoxy) is 1. The first kappa shape index (κ1) is 15.3. The van der Waals surface area contributed by atoms with Crippen LogP contribution in [0, 0.1) is 3.57 Å². The molecule has 0 aliphatic rings. The third-order valence-electron chi connectivity index (χ3n) is 1.27. The SMILES string of the molecule is COC(=O)c1ccc(I)cc1.NS(N)(=O)=O. The van der Waals surface area contributed by atoms with Crippen molar-refractivity contribution in [1.82, 2.24) is 0 Å². The van der Waals surface area contributed by atoms with E-state index in [2.05, 4.69) is 37.6 Å². The maximum Gasteiger partial charge on any atom is 0.337 e. The summed E-state index contributed by atoms with van der Waals surface area (Å²) in [7, 11) is -2.29. The summed E-state index contributed by atoms with van der Waals surface area (Å²) in [6, 6.07) is 7.22. The molecule has 0 aliphatic heterocycles. The van der Waals surface area contributed by atoms with E-state index in [4.69, 9.17) is 0 Å². The van der Waals surface area contributed by atoms with Gasteiger partial charge in [-0.25, -0.2) is 15.1 Å². The average molecular weight is 358 g/mol. The summed E-state index contributed by atoms with van der Waals surface area (Å²) in [4.78, 5) is 10.9. The zero-order valence-electron chi connectivity index (χ0n) is 8.38. The Balaban J connectivity index is 0.000000385. The third-order valence-corrected chi connectivity index (χ3v) is 1.98. The molecule has 0 heterocycles. The van der Waals surface area contributed by atoms with Gasteiger partial charge in [0.2, 0.25) is 0 Å². The molecule has 0 spiro atoms. The summed E-state index contributed by atoms with van der Waals surface area (Å²) < 4.78 is 24.0. The van der Waals surface area contributed by atoms with Gasteiger partial charge in [0.25, 0.3) is 10.2 Å². The van der Waals surface area contributed by atoms with Gasteiger partial charge in [-0.1, -0.05) is 0 Å². The third kappa shape index (κ3) is 8.59. The number of carbonyl (C=O) groups excluding carboxylic acids is 1. The first-order valence-corrected chi connectivity index (χ1v) is 6.57. The van der Waals surface area contributed by atoms with Gasteiger partial charge >= 0.3 is 5.97 Å². The van der Waals surface area contributed by atoms with E-state index in [-0.39, 0.29) is 5.97 Å². The molecule has 0 saturated carbocycles. The van der Waals surface area contributed by atoms with Crippen molar-refractivity contribution in [3.8, 4) is 0 Å². The molecule has 1 aromatic carbocycles. The fourth-order valence-corrected chi connectivity index (χ4v) is 1.06. The zero-order chi connectivity index (χ0) is 12.8. The van der Waals surface area contributed by atoms with Crippen LogP contribution < -0.4 is 10.3 Å². The molecule has 0 unspecified atom stereocenters. The Morgan fingerprint density at radius 1 is 1.25 bits per heavy atom. The first-order chi connectivity index (χ1) is 7.24. The van der Waals surface area contributed by atoms with Crippen LogP contribution in [-0.2, 0) is 14.9 Å². The summed E-state index contributed by atoms with van der Waals surface area (Å²) in [5.74, 6) is -0.290. The van der Waals surface area contributed by atoms with Crippen LogP contribution in [0.25, 0.3) is 0 Å². The largest absolute Gasteiger partial charge is 0.465 e. The molecule has 90 valence electrons. The van der Waals surface area contributed by atoms with Crippen LogP contribution in [0.15, 0.2) is 24.3 Å². The summed E-state index contributed by atoms with van der Waals surface area (Å²) >= 11 is 2.18. The number of hydrogen-bond acceptors (Lipinski definition) is 4. The minimum Gasteiger partial charge on any atom is -0.465 e. The van der Waals surface area contributed by atoms with E-state index in [1.54, 1.807) is 12.1 Å². The monoisotopic (exact) mass is 358 g/mol. The molecule has 4 N–H and O–H groups in total. The van der Waals surface area contributed by atoms with Gasteiger partial charge in [-0.2, -0.15) is 8.42 Å². The Kier molecular flexibility index (Phi) is 6.48. The number of carbonyl (C=O) groups is 1. The Labute approximate surface area is 107 Å². The molecule has 0 aromatic heterocycles.